The molecule has 1 aliphatic rings. The Bertz CT molecular complexity index is 385. The summed E-state index contributed by atoms with van der Waals surface area (Å²) in [4.78, 5) is 9.26. The number of aromatic nitrogens is 1. The molecule has 66 valence electrons. The molecule has 2 heterocycles. The zero-order valence-corrected chi connectivity index (χ0v) is 7.49. The molecular formula is C10H11N3. The van der Waals surface area contributed by atoms with Crippen LogP contribution in [0.1, 0.15) is 6.92 Å². The SMILES string of the molecule is C=C1C=Nc2[nH]ccc2N1/C=C\C. The van der Waals surface area contributed by atoms with Gasteiger partial charge in [-0.1, -0.05) is 12.7 Å². The molecule has 0 bridgehead atoms. The van der Waals surface area contributed by atoms with Gasteiger partial charge in [-0.2, -0.15) is 0 Å². The fraction of sp³-hybridized carbons (Fsp3) is 0.100. The molecule has 13 heavy (non-hydrogen) atoms. The van der Waals surface area contributed by atoms with E-state index in [1.807, 2.05) is 36.4 Å². The number of aliphatic imine (C=N–C) groups is 1. The Morgan fingerprint density at radius 2 is 2.46 bits per heavy atom. The van der Waals surface area contributed by atoms with Crippen molar-refractivity contribution in [3.8, 4) is 0 Å². The number of anilines is 1. The number of nitrogens with one attached hydrogen (secondary N) is 1. The summed E-state index contributed by atoms with van der Waals surface area (Å²) in [5.74, 6) is 0.880. The van der Waals surface area contributed by atoms with Crippen molar-refractivity contribution < 1.29 is 0 Å². The third kappa shape index (κ3) is 1.18. The first kappa shape index (κ1) is 7.86. The summed E-state index contributed by atoms with van der Waals surface area (Å²) in [6, 6.07) is 1.98. The minimum absolute atomic E-state index is 0.880. The average molecular weight is 173 g/mol. The van der Waals surface area contributed by atoms with Gasteiger partial charge < -0.3 is 9.88 Å². The first-order chi connectivity index (χ1) is 6.33. The Labute approximate surface area is 77.1 Å². The summed E-state index contributed by atoms with van der Waals surface area (Å²) >= 11 is 0. The highest BCUT2D eigenvalue weighted by Crippen LogP contribution is 2.32. The van der Waals surface area contributed by atoms with Gasteiger partial charge >= 0.3 is 0 Å². The van der Waals surface area contributed by atoms with Gasteiger partial charge in [0.25, 0.3) is 0 Å². The molecule has 0 saturated heterocycles. The van der Waals surface area contributed by atoms with Crippen LogP contribution in [0, 0.1) is 0 Å². The maximum Gasteiger partial charge on any atom is 0.154 e. The molecule has 2 rings (SSSR count). The van der Waals surface area contributed by atoms with E-state index in [-0.39, 0.29) is 0 Å². The van der Waals surface area contributed by atoms with Crippen molar-refractivity contribution in [2.24, 2.45) is 4.99 Å². The van der Waals surface area contributed by atoms with Gasteiger partial charge in [-0.3, -0.25) is 0 Å². The number of nitrogens with zero attached hydrogens (tertiary/aromatic N) is 2. The molecule has 0 atom stereocenters. The van der Waals surface area contributed by atoms with Gasteiger partial charge in [-0.15, -0.1) is 0 Å². The van der Waals surface area contributed by atoms with Gasteiger partial charge in [-0.05, 0) is 13.0 Å². The molecule has 0 radical (unpaired) electrons. The number of hydrogen-bond acceptors (Lipinski definition) is 2. The molecule has 0 saturated carbocycles. The van der Waals surface area contributed by atoms with Gasteiger partial charge in [-0.25, -0.2) is 4.99 Å². The lowest BCUT2D eigenvalue weighted by molar-refractivity contribution is 1.20. The largest absolute Gasteiger partial charge is 0.345 e. The number of fused-ring (bicyclic) bond motifs is 1. The Hall–Kier alpha value is -1.77. The molecule has 0 fully saturated rings. The molecule has 0 unspecified atom stereocenters. The molecular weight excluding hydrogens is 162 g/mol. The van der Waals surface area contributed by atoms with E-state index in [0.29, 0.717) is 0 Å². The van der Waals surface area contributed by atoms with E-state index in [4.69, 9.17) is 0 Å². The summed E-state index contributed by atoms with van der Waals surface area (Å²) in [6.07, 6.45) is 7.57. The maximum absolute atomic E-state index is 4.21. The smallest absolute Gasteiger partial charge is 0.154 e. The summed E-state index contributed by atoms with van der Waals surface area (Å²) in [6.45, 7) is 5.88. The second-order valence-corrected chi connectivity index (χ2v) is 2.81. The predicted molar refractivity (Wildman–Crippen MR) is 55.4 cm³/mol. The second kappa shape index (κ2) is 2.94. The van der Waals surface area contributed by atoms with Gasteiger partial charge in [0.2, 0.25) is 0 Å². The van der Waals surface area contributed by atoms with Crippen LogP contribution in [0.2, 0.25) is 0 Å². The summed E-state index contributed by atoms with van der Waals surface area (Å²) in [5.41, 5.74) is 1.93. The number of aromatic amines is 1. The lowest BCUT2D eigenvalue weighted by Crippen LogP contribution is -2.17. The van der Waals surface area contributed by atoms with E-state index >= 15 is 0 Å². The number of rotatable bonds is 1. The van der Waals surface area contributed by atoms with Gasteiger partial charge in [0.15, 0.2) is 5.82 Å². The van der Waals surface area contributed by atoms with Crippen LogP contribution in [0.25, 0.3) is 0 Å². The molecule has 0 spiro atoms. The van der Waals surface area contributed by atoms with Crippen molar-refractivity contribution in [3.63, 3.8) is 0 Å². The van der Waals surface area contributed by atoms with Crippen molar-refractivity contribution in [1.29, 1.82) is 0 Å². The highest BCUT2D eigenvalue weighted by Gasteiger charge is 2.15. The zero-order valence-electron chi connectivity index (χ0n) is 7.49. The number of H-pyrrole nitrogens is 1. The first-order valence-corrected chi connectivity index (χ1v) is 4.15. The molecule has 1 aromatic rings. The van der Waals surface area contributed by atoms with Gasteiger partial charge in [0.1, 0.15) is 0 Å². The summed E-state index contributed by atoms with van der Waals surface area (Å²) in [5, 5.41) is 0. The molecule has 1 aliphatic heterocycles. The molecule has 1 N–H and O–H groups in total. The van der Waals surface area contributed by atoms with E-state index in [1.165, 1.54) is 0 Å². The lowest BCUT2D eigenvalue weighted by Gasteiger charge is -2.22. The Kier molecular flexibility index (Phi) is 1.77. The summed E-state index contributed by atoms with van der Waals surface area (Å²) in [7, 11) is 0. The van der Waals surface area contributed by atoms with Crippen LogP contribution in [0.4, 0.5) is 11.5 Å². The number of hydrogen-bond donors (Lipinski definition) is 1. The second-order valence-electron chi connectivity index (χ2n) is 2.81. The minimum Gasteiger partial charge on any atom is -0.345 e. The maximum atomic E-state index is 4.21. The van der Waals surface area contributed by atoms with Crippen LogP contribution in [0.3, 0.4) is 0 Å². The third-order valence-corrected chi connectivity index (χ3v) is 1.91. The van der Waals surface area contributed by atoms with Gasteiger partial charge in [0.05, 0.1) is 17.6 Å². The first-order valence-electron chi connectivity index (χ1n) is 4.15. The van der Waals surface area contributed by atoms with Crippen LogP contribution < -0.4 is 4.90 Å². The quantitative estimate of drug-likeness (QED) is 0.695. The van der Waals surface area contributed by atoms with Crippen LogP contribution >= 0.6 is 0 Å². The van der Waals surface area contributed by atoms with E-state index in [0.717, 1.165) is 17.2 Å². The van der Waals surface area contributed by atoms with Crippen molar-refractivity contribution in [2.45, 2.75) is 6.92 Å². The zero-order chi connectivity index (χ0) is 9.26. The van der Waals surface area contributed by atoms with E-state index in [9.17, 15) is 0 Å². The Balaban J connectivity index is 2.48. The molecule has 0 aromatic carbocycles. The van der Waals surface area contributed by atoms with Crippen molar-refractivity contribution in [2.75, 3.05) is 4.90 Å². The van der Waals surface area contributed by atoms with Crippen LogP contribution in [0.5, 0.6) is 0 Å². The Morgan fingerprint density at radius 3 is 3.23 bits per heavy atom. The van der Waals surface area contributed by atoms with E-state index in [2.05, 4.69) is 16.6 Å². The monoisotopic (exact) mass is 173 g/mol. The standard InChI is InChI=1S/C10H11N3/c1-3-6-13-8(2)7-12-10-9(13)4-5-11-10/h3-7,11H,2H2,1H3/b6-3-. The fourth-order valence-corrected chi connectivity index (χ4v) is 1.33. The minimum atomic E-state index is 0.880. The van der Waals surface area contributed by atoms with Gasteiger partial charge in [0, 0.05) is 12.4 Å². The van der Waals surface area contributed by atoms with Crippen molar-refractivity contribution in [1.82, 2.24) is 4.98 Å². The highest BCUT2D eigenvalue weighted by molar-refractivity contribution is 5.92. The predicted octanol–water partition coefficient (Wildman–Crippen LogP) is 2.58. The molecule has 1 aromatic heterocycles. The molecule has 3 heteroatoms. The Morgan fingerprint density at radius 1 is 1.62 bits per heavy atom. The van der Waals surface area contributed by atoms with Crippen LogP contribution in [-0.2, 0) is 0 Å². The molecule has 3 nitrogen and oxygen atoms in total. The highest BCUT2D eigenvalue weighted by atomic mass is 15.2. The summed E-state index contributed by atoms with van der Waals surface area (Å²) < 4.78 is 0. The van der Waals surface area contributed by atoms with Crippen molar-refractivity contribution in [3.05, 3.63) is 36.8 Å². The average Bonchev–Trinajstić information content (AvgIpc) is 2.58. The van der Waals surface area contributed by atoms with Crippen LogP contribution in [-0.4, -0.2) is 11.2 Å². The van der Waals surface area contributed by atoms with Crippen molar-refractivity contribution >= 4 is 17.7 Å². The van der Waals surface area contributed by atoms with E-state index in [1.54, 1.807) is 6.21 Å². The molecule has 0 aliphatic carbocycles. The van der Waals surface area contributed by atoms with Crippen LogP contribution in [0.15, 0.2) is 41.8 Å². The third-order valence-electron chi connectivity index (χ3n) is 1.91. The van der Waals surface area contributed by atoms with E-state index < -0.39 is 0 Å². The normalized spacial score (nSPS) is 15.5. The topological polar surface area (TPSA) is 31.4 Å². The lowest BCUT2D eigenvalue weighted by atomic mass is 10.3. The number of allylic oxidation sites excluding steroid dienone is 2. The fourth-order valence-electron chi connectivity index (χ4n) is 1.33. The molecule has 0 amide bonds.